The van der Waals surface area contributed by atoms with E-state index in [9.17, 15) is 14.7 Å². The van der Waals surface area contributed by atoms with Crippen LogP contribution in [-0.4, -0.2) is 28.2 Å². The molecule has 146 valence electrons. The van der Waals surface area contributed by atoms with Gasteiger partial charge in [0.05, 0.1) is 11.6 Å². The van der Waals surface area contributed by atoms with Crippen molar-refractivity contribution in [2.75, 3.05) is 6.54 Å². The third-order valence-electron chi connectivity index (χ3n) is 5.04. The van der Waals surface area contributed by atoms with Gasteiger partial charge >= 0.3 is 0 Å². The highest BCUT2D eigenvalue weighted by Gasteiger charge is 2.46. The monoisotopic (exact) mass is 397 g/mol. The van der Waals surface area contributed by atoms with E-state index in [1.807, 2.05) is 12.1 Å². The van der Waals surface area contributed by atoms with Crippen LogP contribution in [-0.2, 0) is 9.59 Å². The van der Waals surface area contributed by atoms with Gasteiger partial charge in [0, 0.05) is 17.1 Å². The number of amides is 1. The summed E-state index contributed by atoms with van der Waals surface area (Å²) >= 11 is 6.41. The van der Waals surface area contributed by atoms with Gasteiger partial charge in [0.2, 0.25) is 0 Å². The van der Waals surface area contributed by atoms with E-state index in [-0.39, 0.29) is 11.3 Å². The molecule has 0 radical (unpaired) electrons. The van der Waals surface area contributed by atoms with Crippen molar-refractivity contribution < 1.29 is 14.7 Å². The number of Topliss-reactive ketones (excluding diaryl/α,β-unsaturated/α-hetero) is 1. The zero-order valence-corrected chi connectivity index (χ0v) is 16.7. The summed E-state index contributed by atoms with van der Waals surface area (Å²) in [6, 6.07) is 15.3. The third kappa shape index (κ3) is 3.97. The third-order valence-corrected chi connectivity index (χ3v) is 5.38. The Labute approximate surface area is 170 Å². The lowest BCUT2D eigenvalue weighted by Crippen LogP contribution is -2.30. The molecular weight excluding hydrogens is 374 g/mol. The molecule has 4 nitrogen and oxygen atoms in total. The lowest BCUT2D eigenvalue weighted by atomic mass is 9.95. The highest BCUT2D eigenvalue weighted by molar-refractivity contribution is 6.47. The number of aliphatic hydroxyl groups excluding tert-OH is 1. The van der Waals surface area contributed by atoms with Crippen molar-refractivity contribution in [3.05, 3.63) is 76.3 Å². The van der Waals surface area contributed by atoms with E-state index >= 15 is 0 Å². The molecule has 3 rings (SSSR count). The average molecular weight is 398 g/mol. The summed E-state index contributed by atoms with van der Waals surface area (Å²) in [6.45, 7) is 2.57. The minimum Gasteiger partial charge on any atom is -0.507 e. The largest absolute Gasteiger partial charge is 0.507 e. The number of hydrogen-bond acceptors (Lipinski definition) is 3. The highest BCUT2D eigenvalue weighted by atomic mass is 35.5. The molecule has 0 bridgehead atoms. The molecule has 1 aliphatic rings. The fraction of sp³-hybridized carbons (Fsp3) is 0.304. The summed E-state index contributed by atoms with van der Waals surface area (Å²) in [5, 5.41) is 11.4. The number of aliphatic hydroxyl groups is 1. The first-order chi connectivity index (χ1) is 13.6. The first kappa shape index (κ1) is 20.2. The quantitative estimate of drug-likeness (QED) is 0.297. The maximum absolute atomic E-state index is 12.9. The molecular formula is C23H24ClNO3. The minimum absolute atomic E-state index is 0.0970. The van der Waals surface area contributed by atoms with Gasteiger partial charge in [0.25, 0.3) is 11.7 Å². The van der Waals surface area contributed by atoms with E-state index in [0.29, 0.717) is 22.7 Å². The summed E-state index contributed by atoms with van der Waals surface area (Å²) in [5.41, 5.74) is 1.25. The van der Waals surface area contributed by atoms with Crippen LogP contribution in [0, 0.1) is 0 Å². The van der Waals surface area contributed by atoms with Crippen LogP contribution in [0.2, 0.25) is 5.02 Å². The molecule has 2 aromatic rings. The van der Waals surface area contributed by atoms with Gasteiger partial charge in [-0.3, -0.25) is 9.59 Å². The molecule has 1 aliphatic heterocycles. The molecule has 2 aromatic carbocycles. The van der Waals surface area contributed by atoms with Crippen LogP contribution >= 0.6 is 11.6 Å². The number of ketones is 1. The van der Waals surface area contributed by atoms with Crippen LogP contribution in [0.3, 0.4) is 0 Å². The van der Waals surface area contributed by atoms with Gasteiger partial charge in [0.1, 0.15) is 5.76 Å². The Balaban J connectivity index is 2.08. The van der Waals surface area contributed by atoms with Gasteiger partial charge < -0.3 is 10.0 Å². The number of carbonyl (C=O) groups excluding carboxylic acids is 2. The van der Waals surface area contributed by atoms with E-state index in [1.54, 1.807) is 47.4 Å². The summed E-state index contributed by atoms with van der Waals surface area (Å²) in [5.74, 6) is -1.42. The molecule has 5 heteroatoms. The molecule has 0 spiro atoms. The maximum Gasteiger partial charge on any atom is 0.295 e. The zero-order valence-electron chi connectivity index (χ0n) is 15.9. The summed E-state index contributed by atoms with van der Waals surface area (Å²) in [4.78, 5) is 27.2. The van der Waals surface area contributed by atoms with Crippen LogP contribution in [0.4, 0.5) is 0 Å². The average Bonchev–Trinajstić information content (AvgIpc) is 2.96. The van der Waals surface area contributed by atoms with Gasteiger partial charge in [-0.25, -0.2) is 0 Å². The Hall–Kier alpha value is -2.59. The first-order valence-electron chi connectivity index (χ1n) is 9.64. The normalized spacial score (nSPS) is 18.6. The number of likely N-dealkylation sites (tertiary alicyclic amines) is 1. The van der Waals surface area contributed by atoms with Gasteiger partial charge in [0.15, 0.2) is 0 Å². The predicted molar refractivity (Wildman–Crippen MR) is 111 cm³/mol. The molecule has 0 saturated carbocycles. The lowest BCUT2D eigenvalue weighted by molar-refractivity contribution is -0.139. The van der Waals surface area contributed by atoms with Gasteiger partial charge in [-0.05, 0) is 18.1 Å². The van der Waals surface area contributed by atoms with E-state index < -0.39 is 17.7 Å². The Morgan fingerprint density at radius 1 is 1.00 bits per heavy atom. The van der Waals surface area contributed by atoms with E-state index in [4.69, 9.17) is 11.6 Å². The first-order valence-corrected chi connectivity index (χ1v) is 10.0. The van der Waals surface area contributed by atoms with Crippen molar-refractivity contribution in [1.82, 2.24) is 4.90 Å². The fourth-order valence-corrected chi connectivity index (χ4v) is 3.83. The molecule has 1 N–H and O–H groups in total. The van der Waals surface area contributed by atoms with Crippen molar-refractivity contribution in [2.24, 2.45) is 0 Å². The van der Waals surface area contributed by atoms with Gasteiger partial charge in [-0.15, -0.1) is 0 Å². The highest BCUT2D eigenvalue weighted by Crippen LogP contribution is 2.41. The number of benzene rings is 2. The SMILES string of the molecule is CCCCCCN1C(=O)C(=O)C(=C(O)c2ccccc2)[C@@H]1c1ccccc1Cl. The molecule has 0 aliphatic carbocycles. The standard InChI is InChI=1S/C23H24ClNO3/c1-2-3-4-10-15-25-20(17-13-8-9-14-18(17)24)19(22(27)23(25)28)21(26)16-11-6-5-7-12-16/h5-9,11-14,20,26H,2-4,10,15H2,1H3/t20-/m0/s1. The van der Waals surface area contributed by atoms with Crippen molar-refractivity contribution in [3.63, 3.8) is 0 Å². The summed E-state index contributed by atoms with van der Waals surface area (Å²) < 4.78 is 0. The molecule has 0 aromatic heterocycles. The predicted octanol–water partition coefficient (Wildman–Crippen LogP) is 5.34. The maximum atomic E-state index is 12.9. The van der Waals surface area contributed by atoms with Crippen molar-refractivity contribution in [3.8, 4) is 0 Å². The van der Waals surface area contributed by atoms with Crippen LogP contribution in [0.15, 0.2) is 60.2 Å². The number of unbranched alkanes of at least 4 members (excludes halogenated alkanes) is 3. The second kappa shape index (κ2) is 9.07. The second-order valence-corrected chi connectivity index (χ2v) is 7.35. The minimum atomic E-state index is -0.685. The van der Waals surface area contributed by atoms with E-state index in [0.717, 1.165) is 25.7 Å². The Morgan fingerprint density at radius 3 is 2.36 bits per heavy atom. The molecule has 0 unspecified atom stereocenters. The van der Waals surface area contributed by atoms with E-state index in [1.165, 1.54) is 0 Å². The smallest absolute Gasteiger partial charge is 0.295 e. The molecule has 1 fully saturated rings. The summed E-state index contributed by atoms with van der Waals surface area (Å²) in [7, 11) is 0. The number of nitrogens with zero attached hydrogens (tertiary/aromatic N) is 1. The molecule has 1 atom stereocenters. The molecule has 1 amide bonds. The van der Waals surface area contributed by atoms with Gasteiger partial charge in [-0.1, -0.05) is 86.3 Å². The number of halogens is 1. The van der Waals surface area contributed by atoms with Crippen LogP contribution in [0.25, 0.3) is 5.76 Å². The van der Waals surface area contributed by atoms with Crippen LogP contribution in [0.5, 0.6) is 0 Å². The fourth-order valence-electron chi connectivity index (χ4n) is 3.59. The second-order valence-electron chi connectivity index (χ2n) is 6.94. The topological polar surface area (TPSA) is 57.6 Å². The van der Waals surface area contributed by atoms with Gasteiger partial charge in [-0.2, -0.15) is 0 Å². The van der Waals surface area contributed by atoms with Crippen LogP contribution < -0.4 is 0 Å². The lowest BCUT2D eigenvalue weighted by Gasteiger charge is -2.26. The Kier molecular flexibility index (Phi) is 6.53. The van der Waals surface area contributed by atoms with Crippen molar-refractivity contribution in [1.29, 1.82) is 0 Å². The van der Waals surface area contributed by atoms with E-state index in [2.05, 4.69) is 6.92 Å². The molecule has 28 heavy (non-hydrogen) atoms. The van der Waals surface area contributed by atoms with Crippen molar-refractivity contribution in [2.45, 2.75) is 38.6 Å². The molecule has 1 heterocycles. The molecule has 1 saturated heterocycles. The van der Waals surface area contributed by atoms with Crippen LogP contribution in [0.1, 0.15) is 49.8 Å². The summed E-state index contributed by atoms with van der Waals surface area (Å²) in [6.07, 6.45) is 3.94. The zero-order chi connectivity index (χ0) is 20.1. The number of carbonyl (C=O) groups is 2. The number of hydrogen-bond donors (Lipinski definition) is 1. The van der Waals surface area contributed by atoms with Crippen molar-refractivity contribution >= 4 is 29.1 Å². The Morgan fingerprint density at radius 2 is 1.68 bits per heavy atom. The number of rotatable bonds is 7. The Bertz CT molecular complexity index is 892.